The molecule has 1 heterocycles. The average Bonchev–Trinajstić information content (AvgIpc) is 2.36. The highest BCUT2D eigenvalue weighted by Gasteiger charge is 2.16. The highest BCUT2D eigenvalue weighted by atomic mass is 16.5. The summed E-state index contributed by atoms with van der Waals surface area (Å²) in [5.41, 5.74) is -0.592. The molecule has 6 heteroatoms. The van der Waals surface area contributed by atoms with Gasteiger partial charge in [-0.3, -0.25) is 14.2 Å². The molecule has 0 N–H and O–H groups in total. The van der Waals surface area contributed by atoms with E-state index in [0.29, 0.717) is 18.8 Å². The quantitative estimate of drug-likeness (QED) is 0.721. The topological polar surface area (TPSA) is 78.3 Å². The van der Waals surface area contributed by atoms with E-state index in [1.165, 1.54) is 10.8 Å². The number of rotatable bonds is 5. The van der Waals surface area contributed by atoms with E-state index in [4.69, 9.17) is 4.74 Å². The van der Waals surface area contributed by atoms with Gasteiger partial charge >= 0.3 is 5.97 Å². The van der Waals surface area contributed by atoms with Crippen LogP contribution in [-0.4, -0.2) is 27.9 Å². The minimum absolute atomic E-state index is 0.147. The van der Waals surface area contributed by atoms with E-state index in [1.807, 2.05) is 0 Å². The first kappa shape index (κ1) is 14.1. The Bertz CT molecular complexity index is 519. The molecule has 0 saturated carbocycles. The molecule has 0 aliphatic rings. The lowest BCUT2D eigenvalue weighted by Gasteiger charge is -2.08. The molecule has 0 aliphatic heterocycles. The number of carbonyl (C=O) groups excluding carboxylic acids is 2. The van der Waals surface area contributed by atoms with Crippen molar-refractivity contribution in [2.45, 2.75) is 33.7 Å². The summed E-state index contributed by atoms with van der Waals surface area (Å²) in [7, 11) is 0. The Morgan fingerprint density at radius 2 is 2.06 bits per heavy atom. The first-order chi connectivity index (χ1) is 8.51. The zero-order valence-electron chi connectivity index (χ0n) is 10.7. The van der Waals surface area contributed by atoms with Crippen molar-refractivity contribution in [3.05, 3.63) is 27.9 Å². The van der Waals surface area contributed by atoms with Crippen molar-refractivity contribution >= 4 is 11.8 Å². The van der Waals surface area contributed by atoms with E-state index in [0.717, 1.165) is 0 Å². The minimum Gasteiger partial charge on any atom is -0.454 e. The van der Waals surface area contributed by atoms with Crippen LogP contribution in [0.2, 0.25) is 0 Å². The van der Waals surface area contributed by atoms with E-state index >= 15 is 0 Å². The number of ketones is 1. The Hall–Kier alpha value is -1.98. The average molecular weight is 252 g/mol. The molecule has 1 rings (SSSR count). The van der Waals surface area contributed by atoms with E-state index in [9.17, 15) is 14.4 Å². The lowest BCUT2D eigenvalue weighted by molar-refractivity contribution is -0.121. The molecule has 0 unspecified atom stereocenters. The van der Waals surface area contributed by atoms with Crippen LogP contribution in [0.15, 0.2) is 11.0 Å². The van der Waals surface area contributed by atoms with Gasteiger partial charge in [-0.2, -0.15) is 0 Å². The van der Waals surface area contributed by atoms with E-state index in [2.05, 4.69) is 4.98 Å². The first-order valence-corrected chi connectivity index (χ1v) is 5.76. The number of carbonyl (C=O) groups is 2. The highest BCUT2D eigenvalue weighted by molar-refractivity contribution is 5.90. The van der Waals surface area contributed by atoms with Crippen LogP contribution in [0.25, 0.3) is 0 Å². The fourth-order valence-electron chi connectivity index (χ4n) is 1.41. The van der Waals surface area contributed by atoms with Gasteiger partial charge in [-0.1, -0.05) is 6.92 Å². The van der Waals surface area contributed by atoms with E-state index in [-0.39, 0.29) is 18.0 Å². The normalized spacial score (nSPS) is 10.2. The number of aryl methyl sites for hydroxylation is 1. The highest BCUT2D eigenvalue weighted by Crippen LogP contribution is 1.97. The van der Waals surface area contributed by atoms with Crippen molar-refractivity contribution < 1.29 is 14.3 Å². The molecule has 98 valence electrons. The van der Waals surface area contributed by atoms with Gasteiger partial charge in [0, 0.05) is 19.2 Å². The van der Waals surface area contributed by atoms with Crippen molar-refractivity contribution in [3.8, 4) is 0 Å². The summed E-state index contributed by atoms with van der Waals surface area (Å²) in [5.74, 6) is -0.473. The standard InChI is InChI=1S/C12H16N2O4/c1-4-9(15)7-18-12(17)10-6-13-8(3)14(5-2)11(10)16/h6H,4-5,7H2,1-3H3. The predicted octanol–water partition coefficient (Wildman–Crippen LogP) is 0.708. The van der Waals surface area contributed by atoms with Crippen LogP contribution >= 0.6 is 0 Å². The third kappa shape index (κ3) is 3.03. The molecule has 18 heavy (non-hydrogen) atoms. The molecular formula is C12H16N2O4. The Kier molecular flexibility index (Phi) is 4.76. The number of aromatic nitrogens is 2. The van der Waals surface area contributed by atoms with Gasteiger partial charge in [0.15, 0.2) is 5.78 Å². The largest absolute Gasteiger partial charge is 0.454 e. The number of Topliss-reactive ketones (excluding diaryl/α,β-unsaturated/α-hetero) is 1. The van der Waals surface area contributed by atoms with E-state index in [1.54, 1.807) is 20.8 Å². The second kappa shape index (κ2) is 6.09. The molecule has 0 saturated heterocycles. The molecule has 0 bridgehead atoms. The molecule has 0 amide bonds. The van der Waals surface area contributed by atoms with Crippen molar-refractivity contribution in [2.24, 2.45) is 0 Å². The van der Waals surface area contributed by atoms with E-state index < -0.39 is 11.5 Å². The molecule has 0 atom stereocenters. The number of hydrogen-bond donors (Lipinski definition) is 0. The molecule has 0 aromatic carbocycles. The van der Waals surface area contributed by atoms with Gasteiger partial charge < -0.3 is 4.74 Å². The molecule has 6 nitrogen and oxygen atoms in total. The van der Waals surface area contributed by atoms with Gasteiger partial charge in [0.1, 0.15) is 18.0 Å². The van der Waals surface area contributed by atoms with Crippen molar-refractivity contribution in [2.75, 3.05) is 6.61 Å². The van der Waals surface area contributed by atoms with Gasteiger partial charge in [0.2, 0.25) is 0 Å². The van der Waals surface area contributed by atoms with Gasteiger partial charge in [-0.05, 0) is 13.8 Å². The van der Waals surface area contributed by atoms with Crippen LogP contribution < -0.4 is 5.56 Å². The maximum atomic E-state index is 11.9. The fraction of sp³-hybridized carbons (Fsp3) is 0.500. The zero-order valence-corrected chi connectivity index (χ0v) is 10.7. The van der Waals surface area contributed by atoms with Crippen LogP contribution in [0, 0.1) is 6.92 Å². The summed E-state index contributed by atoms with van der Waals surface area (Å²) >= 11 is 0. The first-order valence-electron chi connectivity index (χ1n) is 5.76. The van der Waals surface area contributed by atoms with Gasteiger partial charge in [-0.15, -0.1) is 0 Å². The maximum absolute atomic E-state index is 11.9. The maximum Gasteiger partial charge on any atom is 0.345 e. The second-order valence-corrected chi connectivity index (χ2v) is 3.74. The van der Waals surface area contributed by atoms with Gasteiger partial charge in [-0.25, -0.2) is 9.78 Å². The molecule has 0 aliphatic carbocycles. The number of hydrogen-bond acceptors (Lipinski definition) is 5. The monoisotopic (exact) mass is 252 g/mol. The summed E-state index contributed by atoms with van der Waals surface area (Å²) in [5, 5.41) is 0. The Labute approximate surface area is 105 Å². The zero-order chi connectivity index (χ0) is 13.7. The van der Waals surface area contributed by atoms with Crippen LogP contribution in [-0.2, 0) is 16.1 Å². The third-order valence-electron chi connectivity index (χ3n) is 2.54. The van der Waals surface area contributed by atoms with Crippen LogP contribution in [0.5, 0.6) is 0 Å². The Morgan fingerprint density at radius 1 is 1.39 bits per heavy atom. The summed E-state index contributed by atoms with van der Waals surface area (Å²) in [6.45, 7) is 5.25. The Morgan fingerprint density at radius 3 is 2.61 bits per heavy atom. The van der Waals surface area contributed by atoms with Crippen molar-refractivity contribution in [1.29, 1.82) is 0 Å². The Balaban J connectivity index is 2.94. The third-order valence-corrected chi connectivity index (χ3v) is 2.54. The second-order valence-electron chi connectivity index (χ2n) is 3.74. The van der Waals surface area contributed by atoms with Crippen LogP contribution in [0.1, 0.15) is 36.5 Å². The molecule has 0 radical (unpaired) electrons. The lowest BCUT2D eigenvalue weighted by Crippen LogP contribution is -2.30. The predicted molar refractivity (Wildman–Crippen MR) is 64.5 cm³/mol. The molecule has 1 aromatic rings. The number of nitrogens with zero attached hydrogens (tertiary/aromatic N) is 2. The number of ether oxygens (including phenoxy) is 1. The van der Waals surface area contributed by atoms with Gasteiger partial charge in [0.05, 0.1) is 0 Å². The lowest BCUT2D eigenvalue weighted by atomic mass is 10.3. The fourth-order valence-corrected chi connectivity index (χ4v) is 1.41. The summed E-state index contributed by atoms with van der Waals surface area (Å²) in [4.78, 5) is 38.5. The summed E-state index contributed by atoms with van der Waals surface area (Å²) in [6, 6.07) is 0. The van der Waals surface area contributed by atoms with Crippen LogP contribution in [0.4, 0.5) is 0 Å². The SMILES string of the molecule is CCC(=O)COC(=O)c1cnc(C)n(CC)c1=O. The summed E-state index contributed by atoms with van der Waals surface area (Å²) in [6.07, 6.45) is 1.47. The molecular weight excluding hydrogens is 236 g/mol. The minimum atomic E-state index is -0.809. The van der Waals surface area contributed by atoms with Gasteiger partial charge in [0.25, 0.3) is 5.56 Å². The molecule has 0 spiro atoms. The van der Waals surface area contributed by atoms with Crippen LogP contribution in [0.3, 0.4) is 0 Å². The number of esters is 1. The van der Waals surface area contributed by atoms with Crippen molar-refractivity contribution in [1.82, 2.24) is 9.55 Å². The molecule has 0 fully saturated rings. The smallest absolute Gasteiger partial charge is 0.345 e. The summed E-state index contributed by atoms with van der Waals surface area (Å²) < 4.78 is 6.13. The molecule has 1 aromatic heterocycles. The van der Waals surface area contributed by atoms with Crippen molar-refractivity contribution in [3.63, 3.8) is 0 Å².